The summed E-state index contributed by atoms with van der Waals surface area (Å²) in [5.74, 6) is 0. The Labute approximate surface area is 96.8 Å². The van der Waals surface area contributed by atoms with Crippen LogP contribution in [0.15, 0.2) is 6.20 Å². The van der Waals surface area contributed by atoms with E-state index in [2.05, 4.69) is 4.98 Å². The fourth-order valence-electron chi connectivity index (χ4n) is 0.867. The summed E-state index contributed by atoms with van der Waals surface area (Å²) >= 11 is 6.76. The number of carbonyl (C=O) groups excluding carboxylic acids is 1. The van der Waals surface area contributed by atoms with Crippen LogP contribution >= 0.6 is 34.2 Å². The van der Waals surface area contributed by atoms with E-state index in [0.717, 1.165) is 6.20 Å². The summed E-state index contributed by atoms with van der Waals surface area (Å²) in [5, 5.41) is -0.865. The molecule has 0 aromatic carbocycles. The van der Waals surface area contributed by atoms with Crippen LogP contribution < -0.4 is 5.73 Å². The predicted octanol–water partition coefficient (Wildman–Crippen LogP) is 2.59. The fourth-order valence-corrected chi connectivity index (χ4v) is 2.16. The first-order chi connectivity index (χ1) is 6.45. The van der Waals surface area contributed by atoms with Crippen LogP contribution in [0.5, 0.6) is 0 Å². The quantitative estimate of drug-likeness (QED) is 0.669. The van der Waals surface area contributed by atoms with Crippen LogP contribution in [0.2, 0.25) is 0 Å². The second-order valence-corrected chi connectivity index (χ2v) is 3.78. The Kier molecular flexibility index (Phi) is 3.59. The average Bonchev–Trinajstić information content (AvgIpc) is 2.02. The lowest BCUT2D eigenvalue weighted by Crippen LogP contribution is -2.06. The minimum Gasteiger partial charge on any atom is -0.397 e. The lowest BCUT2D eigenvalue weighted by molar-refractivity contribution is 0.108. The lowest BCUT2D eigenvalue weighted by Gasteiger charge is -2.07. The van der Waals surface area contributed by atoms with Gasteiger partial charge in [-0.25, -0.2) is 8.78 Å². The molecule has 0 fully saturated rings. The third kappa shape index (κ3) is 2.11. The maximum atomic E-state index is 12.3. The number of anilines is 1. The van der Waals surface area contributed by atoms with Crippen molar-refractivity contribution in [1.29, 1.82) is 0 Å². The SMILES string of the molecule is Nc1cnc(C(F)F)c(I)c1C(=O)Cl. The van der Waals surface area contributed by atoms with Crippen molar-refractivity contribution < 1.29 is 13.6 Å². The summed E-state index contributed by atoms with van der Waals surface area (Å²) in [7, 11) is 0. The molecule has 0 aliphatic heterocycles. The number of nitrogens with zero attached hydrogens (tertiary/aromatic N) is 1. The molecule has 1 aromatic rings. The highest BCUT2D eigenvalue weighted by Gasteiger charge is 2.21. The number of aromatic nitrogens is 1. The number of carbonyl (C=O) groups is 1. The van der Waals surface area contributed by atoms with Crippen molar-refractivity contribution in [3.8, 4) is 0 Å². The third-order valence-corrected chi connectivity index (χ3v) is 2.76. The van der Waals surface area contributed by atoms with E-state index in [-0.39, 0.29) is 14.8 Å². The predicted molar refractivity (Wildman–Crippen MR) is 56.5 cm³/mol. The largest absolute Gasteiger partial charge is 0.397 e. The Morgan fingerprint density at radius 3 is 2.64 bits per heavy atom. The second-order valence-electron chi connectivity index (χ2n) is 2.36. The van der Waals surface area contributed by atoms with Crippen molar-refractivity contribution in [2.24, 2.45) is 0 Å². The summed E-state index contributed by atoms with van der Waals surface area (Å²) in [6, 6.07) is 0. The van der Waals surface area contributed by atoms with Crippen LogP contribution in [0.1, 0.15) is 22.5 Å². The fraction of sp³-hybridized carbons (Fsp3) is 0.143. The summed E-state index contributed by atoms with van der Waals surface area (Å²) < 4.78 is 24.7. The van der Waals surface area contributed by atoms with Crippen molar-refractivity contribution >= 4 is 45.1 Å². The highest BCUT2D eigenvalue weighted by molar-refractivity contribution is 14.1. The van der Waals surface area contributed by atoms with Gasteiger partial charge in [-0.1, -0.05) is 0 Å². The molecule has 1 aromatic heterocycles. The summed E-state index contributed by atoms with van der Waals surface area (Å²) in [5.41, 5.74) is 4.78. The van der Waals surface area contributed by atoms with Gasteiger partial charge in [0, 0.05) is 0 Å². The molecule has 0 bridgehead atoms. The van der Waals surface area contributed by atoms with Crippen molar-refractivity contribution in [1.82, 2.24) is 4.98 Å². The van der Waals surface area contributed by atoms with E-state index in [1.165, 1.54) is 0 Å². The zero-order chi connectivity index (χ0) is 10.9. The van der Waals surface area contributed by atoms with Gasteiger partial charge in [-0.3, -0.25) is 9.78 Å². The van der Waals surface area contributed by atoms with Gasteiger partial charge in [-0.05, 0) is 34.2 Å². The third-order valence-electron chi connectivity index (χ3n) is 1.48. The topological polar surface area (TPSA) is 56.0 Å². The van der Waals surface area contributed by atoms with Gasteiger partial charge in [0.15, 0.2) is 0 Å². The smallest absolute Gasteiger partial charge is 0.281 e. The molecule has 0 unspecified atom stereocenters. The number of hydrogen-bond acceptors (Lipinski definition) is 3. The molecule has 1 rings (SSSR count). The van der Waals surface area contributed by atoms with E-state index in [1.807, 2.05) is 0 Å². The highest BCUT2D eigenvalue weighted by Crippen LogP contribution is 2.28. The Bertz CT molecular complexity index is 386. The zero-order valence-corrected chi connectivity index (χ0v) is 9.51. The van der Waals surface area contributed by atoms with Gasteiger partial charge in [-0.15, -0.1) is 0 Å². The van der Waals surface area contributed by atoms with Gasteiger partial charge >= 0.3 is 0 Å². The first kappa shape index (κ1) is 11.6. The van der Waals surface area contributed by atoms with E-state index in [9.17, 15) is 13.6 Å². The van der Waals surface area contributed by atoms with E-state index < -0.39 is 17.4 Å². The highest BCUT2D eigenvalue weighted by atomic mass is 127. The molecule has 7 heteroatoms. The summed E-state index contributed by atoms with van der Waals surface area (Å²) in [6.45, 7) is 0. The first-order valence-electron chi connectivity index (χ1n) is 3.37. The Hall–Kier alpha value is -0.500. The van der Waals surface area contributed by atoms with Crippen molar-refractivity contribution in [3.63, 3.8) is 0 Å². The number of hydrogen-bond donors (Lipinski definition) is 1. The van der Waals surface area contributed by atoms with Gasteiger partial charge in [0.25, 0.3) is 11.7 Å². The van der Waals surface area contributed by atoms with E-state index in [0.29, 0.717) is 0 Å². The Morgan fingerprint density at radius 2 is 2.21 bits per heavy atom. The summed E-state index contributed by atoms with van der Waals surface area (Å²) in [6.07, 6.45) is -1.75. The number of nitrogens with two attached hydrogens (primary N) is 1. The van der Waals surface area contributed by atoms with Crippen LogP contribution in [0.3, 0.4) is 0 Å². The summed E-state index contributed by atoms with van der Waals surface area (Å²) in [4.78, 5) is 14.3. The van der Waals surface area contributed by atoms with E-state index >= 15 is 0 Å². The van der Waals surface area contributed by atoms with Crippen molar-refractivity contribution in [3.05, 3.63) is 21.0 Å². The van der Waals surface area contributed by atoms with Gasteiger partial charge in [-0.2, -0.15) is 0 Å². The molecule has 2 N–H and O–H groups in total. The molecule has 0 spiro atoms. The maximum Gasteiger partial charge on any atom is 0.281 e. The van der Waals surface area contributed by atoms with Crippen LogP contribution in [-0.4, -0.2) is 10.2 Å². The number of nitrogen functional groups attached to an aromatic ring is 1. The molecule has 3 nitrogen and oxygen atoms in total. The number of alkyl halides is 2. The number of halogens is 4. The van der Waals surface area contributed by atoms with Crippen molar-refractivity contribution in [2.45, 2.75) is 6.43 Å². The zero-order valence-electron chi connectivity index (χ0n) is 6.60. The standard InChI is InChI=1S/C7H4ClF2IN2O/c8-6(14)3-2(12)1-13-5(4(3)11)7(9)10/h1,7H,12H2. The molecule has 0 aliphatic rings. The van der Waals surface area contributed by atoms with Gasteiger partial charge in [0.2, 0.25) is 0 Å². The first-order valence-corrected chi connectivity index (χ1v) is 4.82. The van der Waals surface area contributed by atoms with Gasteiger partial charge < -0.3 is 5.73 Å². The molecule has 14 heavy (non-hydrogen) atoms. The minimum absolute atomic E-state index is 0.00111. The Balaban J connectivity index is 3.41. The van der Waals surface area contributed by atoms with Crippen LogP contribution in [0, 0.1) is 3.57 Å². The molecule has 0 aliphatic carbocycles. The Morgan fingerprint density at radius 1 is 1.64 bits per heavy atom. The molecule has 0 radical (unpaired) electrons. The molecular weight excluding hydrogens is 328 g/mol. The maximum absolute atomic E-state index is 12.3. The molecule has 0 saturated heterocycles. The lowest BCUT2D eigenvalue weighted by atomic mass is 10.2. The molecule has 0 atom stereocenters. The van der Waals surface area contributed by atoms with Crippen molar-refractivity contribution in [2.75, 3.05) is 5.73 Å². The molecule has 0 amide bonds. The van der Waals surface area contributed by atoms with Crippen LogP contribution in [-0.2, 0) is 0 Å². The second kappa shape index (κ2) is 4.35. The molecule has 0 saturated carbocycles. The van der Waals surface area contributed by atoms with E-state index in [1.54, 1.807) is 22.6 Å². The normalized spacial score (nSPS) is 10.6. The average molecular weight is 332 g/mol. The monoisotopic (exact) mass is 332 g/mol. The molecule has 1 heterocycles. The number of pyridine rings is 1. The number of rotatable bonds is 2. The molecule has 76 valence electrons. The van der Waals surface area contributed by atoms with Gasteiger partial charge in [0.1, 0.15) is 5.69 Å². The van der Waals surface area contributed by atoms with Crippen LogP contribution in [0.4, 0.5) is 14.5 Å². The minimum atomic E-state index is -2.75. The molecular formula is C7H4ClF2IN2O. The van der Waals surface area contributed by atoms with E-state index in [4.69, 9.17) is 17.3 Å². The van der Waals surface area contributed by atoms with Crippen LogP contribution in [0.25, 0.3) is 0 Å². The van der Waals surface area contributed by atoms with Gasteiger partial charge in [0.05, 0.1) is 21.0 Å².